The minimum Gasteiger partial charge on any atom is -0.378 e. The quantitative estimate of drug-likeness (QED) is 0.767. The van der Waals surface area contributed by atoms with Gasteiger partial charge in [0.15, 0.2) is 0 Å². The lowest BCUT2D eigenvalue weighted by Gasteiger charge is -2.37. The van der Waals surface area contributed by atoms with Crippen LogP contribution >= 0.6 is 11.3 Å². The van der Waals surface area contributed by atoms with Crippen molar-refractivity contribution in [1.29, 1.82) is 0 Å². The van der Waals surface area contributed by atoms with Crippen LogP contribution in [0.5, 0.6) is 0 Å². The molecule has 2 rings (SSSR count). The number of rotatable bonds is 8. The molecule has 3 heteroatoms. The van der Waals surface area contributed by atoms with Crippen molar-refractivity contribution in [2.24, 2.45) is 5.92 Å². The van der Waals surface area contributed by atoms with Crippen molar-refractivity contribution in [3.8, 4) is 0 Å². The Kier molecular flexibility index (Phi) is 5.86. The van der Waals surface area contributed by atoms with E-state index in [1.54, 1.807) is 0 Å². The lowest BCUT2D eigenvalue weighted by molar-refractivity contribution is -0.0290. The predicted molar refractivity (Wildman–Crippen MR) is 82.8 cm³/mol. The summed E-state index contributed by atoms with van der Waals surface area (Å²) in [5.74, 6) is 0.840. The van der Waals surface area contributed by atoms with Crippen LogP contribution in [0.15, 0.2) is 11.4 Å². The first-order valence-electron chi connectivity index (χ1n) is 7.63. The van der Waals surface area contributed by atoms with E-state index in [4.69, 9.17) is 4.74 Å². The van der Waals surface area contributed by atoms with Crippen LogP contribution in [0.1, 0.15) is 56.0 Å². The van der Waals surface area contributed by atoms with Crippen LogP contribution in [0.25, 0.3) is 0 Å². The molecule has 0 aliphatic heterocycles. The second-order valence-electron chi connectivity index (χ2n) is 5.63. The number of aryl methyl sites for hydroxylation is 1. The molecule has 1 aromatic rings. The minimum absolute atomic E-state index is 0.534. The molecular formula is C16H27NOS. The second kappa shape index (κ2) is 7.41. The number of ether oxygens (including phenoxy) is 1. The van der Waals surface area contributed by atoms with Gasteiger partial charge < -0.3 is 10.1 Å². The third-order valence-electron chi connectivity index (χ3n) is 4.02. The molecule has 1 unspecified atom stereocenters. The van der Waals surface area contributed by atoms with Gasteiger partial charge in [-0.05, 0) is 69.0 Å². The lowest BCUT2D eigenvalue weighted by atomic mass is 9.78. The normalized spacial score (nSPS) is 24.2. The van der Waals surface area contributed by atoms with Crippen LogP contribution < -0.4 is 5.32 Å². The summed E-state index contributed by atoms with van der Waals surface area (Å²) in [5, 5.41) is 5.95. The first-order valence-corrected chi connectivity index (χ1v) is 8.51. The standard InChI is InChI=1S/C16H27NOS/c1-4-7-17-15(16-12(3)6-8-19-16)11-13-9-14(10-13)18-5-2/h6,8,13-15,17H,4-5,7,9-11H2,1-3H3. The molecule has 0 bridgehead atoms. The Morgan fingerprint density at radius 1 is 1.42 bits per heavy atom. The highest BCUT2D eigenvalue weighted by Gasteiger charge is 2.32. The van der Waals surface area contributed by atoms with E-state index in [-0.39, 0.29) is 0 Å². The Morgan fingerprint density at radius 2 is 2.21 bits per heavy atom. The predicted octanol–water partition coefficient (Wildman–Crippen LogP) is 4.30. The maximum atomic E-state index is 5.67. The van der Waals surface area contributed by atoms with Gasteiger partial charge in [0.2, 0.25) is 0 Å². The van der Waals surface area contributed by atoms with Gasteiger partial charge in [0.25, 0.3) is 0 Å². The van der Waals surface area contributed by atoms with E-state index in [1.165, 1.54) is 36.1 Å². The third-order valence-corrected chi connectivity index (χ3v) is 5.16. The zero-order valence-corrected chi connectivity index (χ0v) is 13.3. The van der Waals surface area contributed by atoms with Crippen molar-refractivity contribution in [2.75, 3.05) is 13.2 Å². The van der Waals surface area contributed by atoms with Crippen molar-refractivity contribution >= 4 is 11.3 Å². The van der Waals surface area contributed by atoms with E-state index in [0.29, 0.717) is 12.1 Å². The van der Waals surface area contributed by atoms with Crippen LogP contribution in [0.3, 0.4) is 0 Å². The molecule has 0 spiro atoms. The van der Waals surface area contributed by atoms with Crippen molar-refractivity contribution in [3.63, 3.8) is 0 Å². The average Bonchev–Trinajstić information content (AvgIpc) is 2.77. The van der Waals surface area contributed by atoms with Crippen LogP contribution in [0.2, 0.25) is 0 Å². The van der Waals surface area contributed by atoms with E-state index in [2.05, 4.69) is 37.5 Å². The maximum Gasteiger partial charge on any atom is 0.0580 e. The van der Waals surface area contributed by atoms with Crippen molar-refractivity contribution in [1.82, 2.24) is 5.32 Å². The van der Waals surface area contributed by atoms with Gasteiger partial charge in [-0.2, -0.15) is 0 Å². The van der Waals surface area contributed by atoms with Gasteiger partial charge in [-0.15, -0.1) is 11.3 Å². The summed E-state index contributed by atoms with van der Waals surface area (Å²) in [6.07, 6.45) is 5.51. The smallest absolute Gasteiger partial charge is 0.0580 e. The summed E-state index contributed by atoms with van der Waals surface area (Å²) in [6.45, 7) is 8.53. The van der Waals surface area contributed by atoms with E-state index < -0.39 is 0 Å². The molecule has 1 atom stereocenters. The SMILES string of the molecule is CCCNC(CC1CC(OCC)C1)c1sccc1C. The Morgan fingerprint density at radius 3 is 2.79 bits per heavy atom. The Bertz CT molecular complexity index is 371. The first-order chi connectivity index (χ1) is 9.24. The molecule has 0 amide bonds. The van der Waals surface area contributed by atoms with Gasteiger partial charge in [-0.3, -0.25) is 0 Å². The van der Waals surface area contributed by atoms with E-state index in [0.717, 1.165) is 19.1 Å². The van der Waals surface area contributed by atoms with E-state index >= 15 is 0 Å². The van der Waals surface area contributed by atoms with Gasteiger partial charge in [0, 0.05) is 17.5 Å². The fraction of sp³-hybridized carbons (Fsp3) is 0.750. The van der Waals surface area contributed by atoms with E-state index in [1.807, 2.05) is 11.3 Å². The van der Waals surface area contributed by atoms with Crippen LogP contribution in [0.4, 0.5) is 0 Å². The molecule has 1 aliphatic rings. The monoisotopic (exact) mass is 281 g/mol. The Balaban J connectivity index is 1.87. The number of thiophene rings is 1. The highest BCUT2D eigenvalue weighted by Crippen LogP contribution is 2.38. The van der Waals surface area contributed by atoms with E-state index in [9.17, 15) is 0 Å². The fourth-order valence-corrected chi connectivity index (χ4v) is 3.93. The number of hydrogen-bond acceptors (Lipinski definition) is 3. The molecule has 0 radical (unpaired) electrons. The largest absolute Gasteiger partial charge is 0.378 e. The summed E-state index contributed by atoms with van der Waals surface area (Å²) < 4.78 is 5.67. The third kappa shape index (κ3) is 4.04. The zero-order valence-electron chi connectivity index (χ0n) is 12.4. The zero-order chi connectivity index (χ0) is 13.7. The molecule has 1 saturated carbocycles. The summed E-state index contributed by atoms with van der Waals surface area (Å²) in [4.78, 5) is 1.54. The molecule has 19 heavy (non-hydrogen) atoms. The molecule has 1 fully saturated rings. The summed E-state index contributed by atoms with van der Waals surface area (Å²) in [7, 11) is 0. The van der Waals surface area contributed by atoms with Crippen LogP contribution in [-0.4, -0.2) is 19.3 Å². The summed E-state index contributed by atoms with van der Waals surface area (Å²) in [6, 6.07) is 2.79. The van der Waals surface area contributed by atoms with Crippen molar-refractivity contribution < 1.29 is 4.74 Å². The lowest BCUT2D eigenvalue weighted by Crippen LogP contribution is -2.35. The average molecular weight is 281 g/mol. The Hall–Kier alpha value is -0.380. The van der Waals surface area contributed by atoms with Gasteiger partial charge >= 0.3 is 0 Å². The summed E-state index contributed by atoms with van der Waals surface area (Å²) in [5.41, 5.74) is 1.44. The number of nitrogens with one attached hydrogen (secondary N) is 1. The van der Waals surface area contributed by atoms with Crippen molar-refractivity contribution in [3.05, 3.63) is 21.9 Å². The van der Waals surface area contributed by atoms with Crippen LogP contribution in [-0.2, 0) is 4.74 Å². The molecule has 108 valence electrons. The maximum absolute atomic E-state index is 5.67. The molecule has 1 aromatic heterocycles. The summed E-state index contributed by atoms with van der Waals surface area (Å²) >= 11 is 1.90. The molecule has 1 aliphatic carbocycles. The van der Waals surface area contributed by atoms with Gasteiger partial charge in [-0.1, -0.05) is 6.92 Å². The molecule has 0 saturated heterocycles. The van der Waals surface area contributed by atoms with Gasteiger partial charge in [-0.25, -0.2) is 0 Å². The second-order valence-corrected chi connectivity index (χ2v) is 6.57. The first kappa shape index (κ1) is 15.0. The Labute approximate surface area is 121 Å². The van der Waals surface area contributed by atoms with Crippen molar-refractivity contribution in [2.45, 2.75) is 58.6 Å². The van der Waals surface area contributed by atoms with Gasteiger partial charge in [0.05, 0.1) is 6.10 Å². The fourth-order valence-electron chi connectivity index (χ4n) is 2.92. The van der Waals surface area contributed by atoms with Gasteiger partial charge in [0.1, 0.15) is 0 Å². The molecular weight excluding hydrogens is 254 g/mol. The number of hydrogen-bond donors (Lipinski definition) is 1. The highest BCUT2D eigenvalue weighted by molar-refractivity contribution is 7.10. The minimum atomic E-state index is 0.534. The topological polar surface area (TPSA) is 21.3 Å². The van der Waals surface area contributed by atoms with Crippen LogP contribution in [0, 0.1) is 12.8 Å². The molecule has 0 aromatic carbocycles. The molecule has 2 nitrogen and oxygen atoms in total. The highest BCUT2D eigenvalue weighted by atomic mass is 32.1. The molecule has 1 N–H and O–H groups in total. The molecule has 1 heterocycles.